The molecule has 3 rings (SSSR count). The van der Waals surface area contributed by atoms with Gasteiger partial charge in [0.15, 0.2) is 0 Å². The average Bonchev–Trinajstić information content (AvgIpc) is 3.01. The van der Waals surface area contributed by atoms with Crippen LogP contribution < -0.4 is 9.47 Å². The van der Waals surface area contributed by atoms with E-state index in [2.05, 4.69) is 82.5 Å². The molecule has 6 nitrogen and oxygen atoms in total. The Labute approximate surface area is 264 Å². The lowest BCUT2D eigenvalue weighted by Crippen LogP contribution is -2.36. The van der Waals surface area contributed by atoms with Gasteiger partial charge in [0, 0.05) is 11.1 Å². The minimum absolute atomic E-state index is 0.0769. The van der Waals surface area contributed by atoms with Crippen molar-refractivity contribution < 1.29 is 28.5 Å². The molecule has 6 heteroatoms. The zero-order chi connectivity index (χ0) is 32.2. The Bertz CT molecular complexity index is 1230. The third kappa shape index (κ3) is 10.3. The van der Waals surface area contributed by atoms with E-state index in [0.29, 0.717) is 43.5 Å². The molecule has 0 bridgehead atoms. The molecule has 0 radical (unpaired) electrons. The number of carbonyl (C=O) groups excluding carboxylic acids is 2. The van der Waals surface area contributed by atoms with Gasteiger partial charge in [-0.3, -0.25) is 0 Å². The zero-order valence-electron chi connectivity index (χ0n) is 27.5. The van der Waals surface area contributed by atoms with E-state index in [1.54, 1.807) is 13.8 Å². The van der Waals surface area contributed by atoms with Gasteiger partial charge in [-0.25, -0.2) is 9.59 Å². The first-order valence-electron chi connectivity index (χ1n) is 16.0. The Morgan fingerprint density at radius 3 is 1.57 bits per heavy atom. The SMILES string of the molecule is C=C(C)C(=O)OCCCCOc1ccc(C2(C)CCC(C(C)(C)c3ccc(OCCCCOC(=O)C(=C)C)cc3)CC2)cc1. The summed E-state index contributed by atoms with van der Waals surface area (Å²) in [7, 11) is 0. The highest BCUT2D eigenvalue weighted by molar-refractivity contribution is 5.87. The Balaban J connectivity index is 1.41. The molecule has 0 amide bonds. The molecule has 44 heavy (non-hydrogen) atoms. The fourth-order valence-electron chi connectivity index (χ4n) is 5.80. The molecule has 2 aromatic carbocycles. The highest BCUT2D eigenvalue weighted by atomic mass is 16.5. The summed E-state index contributed by atoms with van der Waals surface area (Å²) < 4.78 is 22.1. The van der Waals surface area contributed by atoms with E-state index < -0.39 is 0 Å². The largest absolute Gasteiger partial charge is 0.494 e. The van der Waals surface area contributed by atoms with Gasteiger partial charge in [0.2, 0.25) is 0 Å². The normalized spacial score (nSPS) is 18.2. The molecule has 0 unspecified atom stereocenters. The summed E-state index contributed by atoms with van der Waals surface area (Å²) in [6.45, 7) is 19.6. The quantitative estimate of drug-likeness (QED) is 0.102. The third-order valence-electron chi connectivity index (χ3n) is 9.04. The molecule has 0 heterocycles. The number of benzene rings is 2. The van der Waals surface area contributed by atoms with Crippen molar-refractivity contribution in [1.82, 2.24) is 0 Å². The van der Waals surface area contributed by atoms with E-state index in [1.165, 1.54) is 24.0 Å². The van der Waals surface area contributed by atoms with E-state index in [-0.39, 0.29) is 22.8 Å². The van der Waals surface area contributed by atoms with Gasteiger partial charge in [0.05, 0.1) is 26.4 Å². The fraction of sp³-hybridized carbons (Fsp3) is 0.526. The third-order valence-corrected chi connectivity index (χ3v) is 9.04. The van der Waals surface area contributed by atoms with Crippen LogP contribution in [-0.2, 0) is 29.9 Å². The molecule has 1 fully saturated rings. The zero-order valence-corrected chi connectivity index (χ0v) is 27.5. The molecule has 0 aliphatic heterocycles. The first kappa shape index (κ1) is 34.9. The van der Waals surface area contributed by atoms with Crippen molar-refractivity contribution >= 4 is 11.9 Å². The first-order chi connectivity index (χ1) is 20.9. The van der Waals surface area contributed by atoms with Gasteiger partial charge in [0.25, 0.3) is 0 Å². The number of unbranched alkanes of at least 4 members (excludes halogenated alkanes) is 2. The van der Waals surface area contributed by atoms with Crippen LogP contribution in [0.1, 0.15) is 97.1 Å². The van der Waals surface area contributed by atoms with Gasteiger partial charge >= 0.3 is 11.9 Å². The van der Waals surface area contributed by atoms with Crippen LogP contribution in [0.5, 0.6) is 11.5 Å². The van der Waals surface area contributed by atoms with Gasteiger partial charge < -0.3 is 18.9 Å². The minimum Gasteiger partial charge on any atom is -0.494 e. The number of ether oxygens (including phenoxy) is 4. The summed E-state index contributed by atoms with van der Waals surface area (Å²) in [5, 5.41) is 0. The van der Waals surface area contributed by atoms with Crippen LogP contribution in [0.2, 0.25) is 0 Å². The van der Waals surface area contributed by atoms with Crippen molar-refractivity contribution in [3.8, 4) is 11.5 Å². The maximum Gasteiger partial charge on any atom is 0.333 e. The fourth-order valence-corrected chi connectivity index (χ4v) is 5.80. The highest BCUT2D eigenvalue weighted by Gasteiger charge is 2.39. The molecule has 1 saturated carbocycles. The number of esters is 2. The predicted octanol–water partition coefficient (Wildman–Crippen LogP) is 8.67. The molecule has 0 saturated heterocycles. The van der Waals surface area contributed by atoms with E-state index in [1.807, 2.05) is 0 Å². The van der Waals surface area contributed by atoms with Crippen LogP contribution in [0.15, 0.2) is 72.8 Å². The van der Waals surface area contributed by atoms with Gasteiger partial charge in [0.1, 0.15) is 11.5 Å². The Kier molecular flexibility index (Phi) is 13.1. The standard InChI is InChI=1S/C38H52O6/c1-28(2)35(39)43-26-10-8-24-41-33-16-12-30(13-17-33)37(5,6)31-20-22-38(7,23-21-31)32-14-18-34(19-15-32)42-25-9-11-27-44-36(40)29(3)4/h12-19,31H,1,3,8-11,20-27H2,2,4-7H3. The van der Waals surface area contributed by atoms with Gasteiger partial charge in [-0.2, -0.15) is 0 Å². The van der Waals surface area contributed by atoms with Gasteiger partial charge in [-0.15, -0.1) is 0 Å². The van der Waals surface area contributed by atoms with Crippen LogP contribution in [0, 0.1) is 5.92 Å². The Morgan fingerprint density at radius 1 is 0.727 bits per heavy atom. The lowest BCUT2D eigenvalue weighted by atomic mass is 9.60. The molecule has 0 spiro atoms. The van der Waals surface area contributed by atoms with Crippen LogP contribution in [0.3, 0.4) is 0 Å². The molecule has 0 N–H and O–H groups in total. The molecule has 0 atom stereocenters. The molecule has 1 aliphatic carbocycles. The average molecular weight is 605 g/mol. The van der Waals surface area contributed by atoms with Crippen LogP contribution in [0.25, 0.3) is 0 Å². The predicted molar refractivity (Wildman–Crippen MR) is 176 cm³/mol. The lowest BCUT2D eigenvalue weighted by Gasteiger charge is -2.44. The van der Waals surface area contributed by atoms with Crippen molar-refractivity contribution in [2.75, 3.05) is 26.4 Å². The summed E-state index contributed by atoms with van der Waals surface area (Å²) in [6.07, 6.45) is 7.87. The van der Waals surface area contributed by atoms with Crippen molar-refractivity contribution in [3.05, 3.63) is 84.0 Å². The van der Waals surface area contributed by atoms with E-state index in [4.69, 9.17) is 18.9 Å². The second-order valence-electron chi connectivity index (χ2n) is 13.0. The second-order valence-corrected chi connectivity index (χ2v) is 13.0. The maximum absolute atomic E-state index is 11.4. The van der Waals surface area contributed by atoms with Crippen LogP contribution in [0.4, 0.5) is 0 Å². The monoisotopic (exact) mass is 604 g/mol. The van der Waals surface area contributed by atoms with Gasteiger partial charge in [-0.05, 0) is 117 Å². The summed E-state index contributed by atoms with van der Waals surface area (Å²) >= 11 is 0. The number of hydrogen-bond acceptors (Lipinski definition) is 6. The summed E-state index contributed by atoms with van der Waals surface area (Å²) in [6, 6.07) is 17.2. The van der Waals surface area contributed by atoms with Crippen molar-refractivity contribution in [1.29, 1.82) is 0 Å². The molecule has 240 valence electrons. The van der Waals surface area contributed by atoms with Crippen LogP contribution in [-0.4, -0.2) is 38.4 Å². The first-order valence-corrected chi connectivity index (χ1v) is 16.0. The lowest BCUT2D eigenvalue weighted by molar-refractivity contribution is -0.139. The highest BCUT2D eigenvalue weighted by Crippen LogP contribution is 2.48. The molecule has 1 aliphatic rings. The number of hydrogen-bond donors (Lipinski definition) is 0. The molecular formula is C38H52O6. The van der Waals surface area contributed by atoms with E-state index in [9.17, 15) is 9.59 Å². The summed E-state index contributed by atoms with van der Waals surface area (Å²) in [4.78, 5) is 22.9. The molecular weight excluding hydrogens is 552 g/mol. The van der Waals surface area contributed by atoms with Crippen LogP contribution >= 0.6 is 0 Å². The summed E-state index contributed by atoms with van der Waals surface area (Å²) in [5.74, 6) is 1.69. The smallest absolute Gasteiger partial charge is 0.333 e. The number of carbonyl (C=O) groups is 2. The molecule has 0 aromatic heterocycles. The van der Waals surface area contributed by atoms with E-state index in [0.717, 1.165) is 50.0 Å². The maximum atomic E-state index is 11.4. The minimum atomic E-state index is -0.336. The summed E-state index contributed by atoms with van der Waals surface area (Å²) in [5.41, 5.74) is 3.82. The topological polar surface area (TPSA) is 71.1 Å². The van der Waals surface area contributed by atoms with Crippen molar-refractivity contribution in [3.63, 3.8) is 0 Å². The Hall–Kier alpha value is -3.54. The van der Waals surface area contributed by atoms with Crippen molar-refractivity contribution in [2.24, 2.45) is 5.92 Å². The van der Waals surface area contributed by atoms with Crippen molar-refractivity contribution in [2.45, 2.75) is 96.8 Å². The number of rotatable bonds is 17. The second kappa shape index (κ2) is 16.5. The van der Waals surface area contributed by atoms with Gasteiger partial charge in [-0.1, -0.05) is 58.2 Å². The van der Waals surface area contributed by atoms with E-state index >= 15 is 0 Å². The Morgan fingerprint density at radius 2 is 1.14 bits per heavy atom. The molecule has 2 aromatic rings.